The molecule has 2 aliphatic rings. The Bertz CT molecular complexity index is 666. The van der Waals surface area contributed by atoms with Crippen LogP contribution in [0, 0.1) is 13.8 Å². The lowest BCUT2D eigenvalue weighted by molar-refractivity contribution is 0.345. The molecular formula is C16H25ClN2O3S. The Morgan fingerprint density at radius 1 is 1.13 bits per heavy atom. The summed E-state index contributed by atoms with van der Waals surface area (Å²) in [4.78, 5) is 0.358. The first kappa shape index (κ1) is 18.5. The van der Waals surface area contributed by atoms with Crippen molar-refractivity contribution in [2.45, 2.75) is 62.6 Å². The summed E-state index contributed by atoms with van der Waals surface area (Å²) < 4.78 is 33.6. The van der Waals surface area contributed by atoms with Crippen molar-refractivity contribution in [2.75, 3.05) is 7.11 Å². The van der Waals surface area contributed by atoms with Gasteiger partial charge in [-0.3, -0.25) is 0 Å². The maximum atomic E-state index is 12.7. The Labute approximate surface area is 144 Å². The van der Waals surface area contributed by atoms with Crippen molar-refractivity contribution < 1.29 is 13.2 Å². The average Bonchev–Trinajstić information content (AvgIpc) is 2.79. The minimum Gasteiger partial charge on any atom is -0.496 e. The molecule has 0 amide bonds. The van der Waals surface area contributed by atoms with E-state index in [9.17, 15) is 8.42 Å². The Balaban J connectivity index is 0.00000192. The summed E-state index contributed by atoms with van der Waals surface area (Å²) in [5, 5.41) is 3.53. The van der Waals surface area contributed by atoms with Gasteiger partial charge in [-0.1, -0.05) is 0 Å². The highest BCUT2D eigenvalue weighted by atomic mass is 35.5. The Morgan fingerprint density at radius 2 is 1.74 bits per heavy atom. The van der Waals surface area contributed by atoms with Gasteiger partial charge in [-0.25, -0.2) is 13.1 Å². The van der Waals surface area contributed by atoms with Crippen LogP contribution in [-0.4, -0.2) is 33.7 Å². The van der Waals surface area contributed by atoms with Gasteiger partial charge in [0.05, 0.1) is 12.0 Å². The van der Waals surface area contributed by atoms with E-state index in [1.165, 1.54) is 0 Å². The molecule has 23 heavy (non-hydrogen) atoms. The second-order valence-electron chi connectivity index (χ2n) is 6.51. The van der Waals surface area contributed by atoms with Gasteiger partial charge in [-0.2, -0.15) is 0 Å². The van der Waals surface area contributed by atoms with Crippen molar-refractivity contribution in [1.82, 2.24) is 10.0 Å². The van der Waals surface area contributed by atoms with Crippen LogP contribution in [0.5, 0.6) is 5.75 Å². The van der Waals surface area contributed by atoms with E-state index >= 15 is 0 Å². The highest BCUT2D eigenvalue weighted by Gasteiger charge is 2.35. The van der Waals surface area contributed by atoms with Crippen molar-refractivity contribution in [3.63, 3.8) is 0 Å². The lowest BCUT2D eigenvalue weighted by atomic mass is 10.0. The molecule has 0 saturated carbocycles. The minimum atomic E-state index is -3.49. The number of piperidine rings is 1. The van der Waals surface area contributed by atoms with Gasteiger partial charge in [-0.05, 0) is 62.8 Å². The molecule has 3 rings (SSSR count). The van der Waals surface area contributed by atoms with Gasteiger partial charge in [0.2, 0.25) is 10.0 Å². The number of hydrogen-bond donors (Lipinski definition) is 2. The first-order chi connectivity index (χ1) is 10.4. The van der Waals surface area contributed by atoms with Crippen LogP contribution < -0.4 is 14.8 Å². The fourth-order valence-corrected chi connectivity index (χ4v) is 5.28. The number of methoxy groups -OCH3 is 1. The largest absolute Gasteiger partial charge is 0.496 e. The van der Waals surface area contributed by atoms with Crippen LogP contribution in [0.3, 0.4) is 0 Å². The third kappa shape index (κ3) is 3.82. The number of sulfonamides is 1. The third-order valence-electron chi connectivity index (χ3n) is 4.78. The van der Waals surface area contributed by atoms with E-state index in [0.717, 1.165) is 37.0 Å². The number of rotatable bonds is 4. The monoisotopic (exact) mass is 360 g/mol. The van der Waals surface area contributed by atoms with Crippen molar-refractivity contribution in [3.05, 3.63) is 23.3 Å². The molecule has 2 fully saturated rings. The molecule has 130 valence electrons. The lowest BCUT2D eigenvalue weighted by Gasteiger charge is -2.29. The number of nitrogens with one attached hydrogen (secondary N) is 2. The van der Waals surface area contributed by atoms with Gasteiger partial charge in [0.25, 0.3) is 0 Å². The highest BCUT2D eigenvalue weighted by molar-refractivity contribution is 7.89. The highest BCUT2D eigenvalue weighted by Crippen LogP contribution is 2.29. The SMILES string of the molecule is COc1cc(C)c(S(=O)(=O)NC2CC3CCC(C2)N3)cc1C.Cl. The van der Waals surface area contributed by atoms with E-state index in [1.54, 1.807) is 19.2 Å². The van der Waals surface area contributed by atoms with E-state index < -0.39 is 10.0 Å². The van der Waals surface area contributed by atoms with Crippen LogP contribution in [0.2, 0.25) is 0 Å². The summed E-state index contributed by atoms with van der Waals surface area (Å²) in [6.07, 6.45) is 4.07. The quantitative estimate of drug-likeness (QED) is 0.864. The molecule has 0 radical (unpaired) electrons. The van der Waals surface area contributed by atoms with Crippen LogP contribution in [0.4, 0.5) is 0 Å². The van der Waals surface area contributed by atoms with Crippen LogP contribution in [0.15, 0.2) is 17.0 Å². The van der Waals surface area contributed by atoms with E-state index in [2.05, 4.69) is 10.0 Å². The second-order valence-corrected chi connectivity index (χ2v) is 8.20. The van der Waals surface area contributed by atoms with Crippen molar-refractivity contribution in [1.29, 1.82) is 0 Å². The van der Waals surface area contributed by atoms with Gasteiger partial charge in [0.1, 0.15) is 5.75 Å². The van der Waals surface area contributed by atoms with E-state index in [4.69, 9.17) is 4.74 Å². The van der Waals surface area contributed by atoms with Crippen LogP contribution in [-0.2, 0) is 10.0 Å². The molecule has 7 heteroatoms. The topological polar surface area (TPSA) is 67.4 Å². The first-order valence-corrected chi connectivity index (χ1v) is 9.31. The molecule has 2 heterocycles. The minimum absolute atomic E-state index is 0. The van der Waals surface area contributed by atoms with E-state index in [-0.39, 0.29) is 18.4 Å². The van der Waals surface area contributed by atoms with Gasteiger partial charge >= 0.3 is 0 Å². The van der Waals surface area contributed by atoms with Crippen molar-refractivity contribution in [2.24, 2.45) is 0 Å². The van der Waals surface area contributed by atoms with Crippen LogP contribution in [0.1, 0.15) is 36.8 Å². The maximum absolute atomic E-state index is 12.7. The zero-order valence-corrected chi connectivity index (χ0v) is 15.4. The molecule has 1 aromatic rings. The summed E-state index contributed by atoms with van der Waals surface area (Å²) in [7, 11) is -1.89. The van der Waals surface area contributed by atoms with E-state index in [0.29, 0.717) is 22.5 Å². The molecule has 2 atom stereocenters. The number of fused-ring (bicyclic) bond motifs is 2. The summed E-state index contributed by atoms with van der Waals surface area (Å²) >= 11 is 0. The molecule has 0 aliphatic carbocycles. The second kappa shape index (κ2) is 6.97. The smallest absolute Gasteiger partial charge is 0.241 e. The van der Waals surface area contributed by atoms with Gasteiger partial charge in [0, 0.05) is 18.1 Å². The lowest BCUT2D eigenvalue weighted by Crippen LogP contribution is -2.48. The predicted octanol–water partition coefficient (Wildman–Crippen LogP) is 2.30. The summed E-state index contributed by atoms with van der Waals surface area (Å²) in [6.45, 7) is 3.67. The summed E-state index contributed by atoms with van der Waals surface area (Å²) in [5.41, 5.74) is 1.55. The summed E-state index contributed by atoms with van der Waals surface area (Å²) in [5.74, 6) is 0.719. The van der Waals surface area contributed by atoms with Gasteiger partial charge in [0.15, 0.2) is 0 Å². The van der Waals surface area contributed by atoms with Gasteiger partial charge < -0.3 is 10.1 Å². The number of aryl methyl sites for hydroxylation is 2. The number of hydrogen-bond acceptors (Lipinski definition) is 4. The Hall–Kier alpha value is -0.820. The molecule has 0 spiro atoms. The zero-order chi connectivity index (χ0) is 15.9. The predicted molar refractivity (Wildman–Crippen MR) is 93.0 cm³/mol. The first-order valence-electron chi connectivity index (χ1n) is 7.82. The number of ether oxygens (including phenoxy) is 1. The molecule has 2 unspecified atom stereocenters. The summed E-state index contributed by atoms with van der Waals surface area (Å²) in [6, 6.07) is 4.45. The van der Waals surface area contributed by atoms with Gasteiger partial charge in [-0.15, -0.1) is 12.4 Å². The molecule has 2 N–H and O–H groups in total. The standard InChI is InChI=1S/C16H24N2O3S.ClH/c1-10-7-16(11(2)6-15(10)21-3)22(19,20)18-14-8-12-4-5-13(9-14)17-12;/h6-7,12-14,17-18H,4-5,8-9H2,1-3H3;1H. The fraction of sp³-hybridized carbons (Fsp3) is 0.625. The molecule has 1 aromatic carbocycles. The fourth-order valence-electron chi connectivity index (χ4n) is 3.71. The molecule has 0 aromatic heterocycles. The average molecular weight is 361 g/mol. The van der Waals surface area contributed by atoms with Crippen LogP contribution in [0.25, 0.3) is 0 Å². The van der Waals surface area contributed by atoms with E-state index in [1.807, 2.05) is 13.8 Å². The Morgan fingerprint density at radius 3 is 2.30 bits per heavy atom. The van der Waals surface area contributed by atoms with Crippen molar-refractivity contribution >= 4 is 22.4 Å². The molecular weight excluding hydrogens is 336 g/mol. The number of benzene rings is 1. The maximum Gasteiger partial charge on any atom is 0.241 e. The molecule has 5 nitrogen and oxygen atoms in total. The van der Waals surface area contributed by atoms with Crippen molar-refractivity contribution in [3.8, 4) is 5.75 Å². The Kier molecular flexibility index (Phi) is 5.61. The molecule has 2 saturated heterocycles. The number of halogens is 1. The molecule has 2 aliphatic heterocycles. The van der Waals surface area contributed by atoms with Crippen LogP contribution >= 0.6 is 12.4 Å². The molecule has 2 bridgehead atoms. The third-order valence-corrected chi connectivity index (χ3v) is 6.44. The zero-order valence-electron chi connectivity index (χ0n) is 13.8. The normalized spacial score (nSPS) is 26.7.